The van der Waals surface area contributed by atoms with Crippen molar-refractivity contribution in [2.24, 2.45) is 0 Å². The van der Waals surface area contributed by atoms with E-state index in [4.69, 9.17) is 0 Å². The van der Waals surface area contributed by atoms with E-state index in [9.17, 15) is 9.90 Å². The Kier molecular flexibility index (Phi) is 5.74. The van der Waals surface area contributed by atoms with Gasteiger partial charge in [0.1, 0.15) is 5.97 Å². The van der Waals surface area contributed by atoms with Crippen LogP contribution < -0.4 is 24.0 Å². The van der Waals surface area contributed by atoms with Crippen LogP contribution in [0.5, 0.6) is 0 Å². The first kappa shape index (κ1) is 19.6. The minimum absolute atomic E-state index is 0. The summed E-state index contributed by atoms with van der Waals surface area (Å²) >= 11 is 0. The van der Waals surface area contributed by atoms with E-state index in [0.717, 1.165) is 16.7 Å². The summed E-state index contributed by atoms with van der Waals surface area (Å²) in [5.74, 6) is -1.92. The van der Waals surface area contributed by atoms with Crippen molar-refractivity contribution in [3.05, 3.63) is 114 Å². The molecule has 0 saturated heterocycles. The molecule has 0 aliphatic carbocycles. The van der Waals surface area contributed by atoms with Crippen molar-refractivity contribution in [1.82, 2.24) is 20.2 Å². The van der Waals surface area contributed by atoms with Gasteiger partial charge in [0.2, 0.25) is 5.82 Å². The molecule has 0 bridgehead atoms. The summed E-state index contributed by atoms with van der Waals surface area (Å²) in [6, 6.07) is 29.1. The number of hydrogen-bond donors (Lipinski definition) is 0. The van der Waals surface area contributed by atoms with Gasteiger partial charge in [-0.25, -0.2) is 0 Å². The maximum atomic E-state index is 11.3. The second-order valence-electron chi connectivity index (χ2n) is 6.00. The zero-order valence-corrected chi connectivity index (χ0v) is 15.3. The molecule has 0 aliphatic rings. The van der Waals surface area contributed by atoms with Crippen molar-refractivity contribution >= 4 is 5.97 Å². The Labute approximate surface area is 174 Å². The summed E-state index contributed by atoms with van der Waals surface area (Å²) in [5.41, 5.74) is 1.66. The summed E-state index contributed by atoms with van der Waals surface area (Å²) in [7, 11) is 0. The normalized spacial score (nSPS) is 10.9. The van der Waals surface area contributed by atoms with Crippen molar-refractivity contribution in [3.63, 3.8) is 0 Å². The van der Waals surface area contributed by atoms with Gasteiger partial charge in [0, 0.05) is 0 Å². The molecule has 0 spiro atoms. The summed E-state index contributed by atoms with van der Waals surface area (Å²) in [6.45, 7) is 0. The van der Waals surface area contributed by atoms with Crippen molar-refractivity contribution < 1.29 is 28.8 Å². The van der Waals surface area contributed by atoms with Crippen LogP contribution in [-0.2, 0) is 5.54 Å². The molecule has 0 fully saturated rings. The first-order valence-corrected chi connectivity index (χ1v) is 8.41. The molecule has 0 aliphatic heterocycles. The SMILES string of the molecule is O=C([O-])c1nnn(C(c2ccccc2)(c2ccccc2)c2ccccc2)n1.[Li+]. The molecule has 1 heterocycles. The largest absolute Gasteiger partial charge is 1.00 e. The van der Waals surface area contributed by atoms with Gasteiger partial charge in [-0.2, -0.15) is 0 Å². The van der Waals surface area contributed by atoms with Crippen LogP contribution in [0.1, 0.15) is 27.3 Å². The van der Waals surface area contributed by atoms with Crippen LogP contribution in [-0.4, -0.2) is 26.2 Å². The van der Waals surface area contributed by atoms with Gasteiger partial charge in [0.15, 0.2) is 5.54 Å². The average Bonchev–Trinajstić information content (AvgIpc) is 3.22. The summed E-state index contributed by atoms with van der Waals surface area (Å²) < 4.78 is 0. The van der Waals surface area contributed by atoms with E-state index in [2.05, 4.69) is 15.4 Å². The minimum atomic E-state index is -1.47. The molecule has 28 heavy (non-hydrogen) atoms. The van der Waals surface area contributed by atoms with E-state index in [-0.39, 0.29) is 18.9 Å². The standard InChI is InChI=1S/C21H16N4O2.Li/c26-20(27)19-22-24-25(23-19)21(16-10-4-1-5-11-16,17-12-6-2-7-13-17)18-14-8-3-9-15-18;/h1-15H,(H,26,27);/q;+1/p-1. The summed E-state index contributed by atoms with van der Waals surface area (Å²) in [4.78, 5) is 12.6. The van der Waals surface area contributed by atoms with E-state index < -0.39 is 17.3 Å². The third kappa shape index (κ3) is 3.24. The third-order valence-corrected chi connectivity index (χ3v) is 4.47. The predicted octanol–water partition coefficient (Wildman–Crippen LogP) is -1.12. The Morgan fingerprint density at radius 1 is 0.750 bits per heavy atom. The van der Waals surface area contributed by atoms with Gasteiger partial charge in [0.05, 0.1) is 0 Å². The number of nitrogens with zero attached hydrogens (tertiary/aromatic N) is 4. The van der Waals surface area contributed by atoms with E-state index in [1.54, 1.807) is 0 Å². The van der Waals surface area contributed by atoms with Crippen LogP contribution in [0.4, 0.5) is 0 Å². The first-order valence-electron chi connectivity index (χ1n) is 8.41. The van der Waals surface area contributed by atoms with Gasteiger partial charge in [-0.3, -0.25) is 0 Å². The zero-order valence-electron chi connectivity index (χ0n) is 15.3. The Morgan fingerprint density at radius 2 is 1.14 bits per heavy atom. The van der Waals surface area contributed by atoms with Crippen LogP contribution in [0.2, 0.25) is 0 Å². The number of tetrazole rings is 1. The first-order chi connectivity index (χ1) is 13.2. The molecule has 6 nitrogen and oxygen atoms in total. The monoisotopic (exact) mass is 362 g/mol. The van der Waals surface area contributed by atoms with Gasteiger partial charge in [-0.1, -0.05) is 91.0 Å². The van der Waals surface area contributed by atoms with Gasteiger partial charge >= 0.3 is 18.9 Å². The van der Waals surface area contributed by atoms with Crippen LogP contribution >= 0.6 is 0 Å². The number of benzene rings is 3. The topological polar surface area (TPSA) is 83.7 Å². The Hall–Kier alpha value is -3.20. The maximum absolute atomic E-state index is 11.3. The van der Waals surface area contributed by atoms with Crippen LogP contribution in [0.3, 0.4) is 0 Å². The molecule has 0 radical (unpaired) electrons. The van der Waals surface area contributed by atoms with Gasteiger partial charge in [-0.15, -0.1) is 15.0 Å². The Balaban J connectivity index is 0.00000225. The number of carboxylic acid groups (broad SMARTS) is 1. The fraction of sp³-hybridized carbons (Fsp3) is 0.0476. The van der Waals surface area contributed by atoms with Crippen LogP contribution in [0.25, 0.3) is 0 Å². The zero-order chi connectivity index (χ0) is 18.7. The number of hydrogen-bond acceptors (Lipinski definition) is 5. The molecule has 0 amide bonds. The molecule has 7 heteroatoms. The second kappa shape index (κ2) is 8.22. The fourth-order valence-corrected chi connectivity index (χ4v) is 3.32. The van der Waals surface area contributed by atoms with Gasteiger partial charge < -0.3 is 9.90 Å². The Morgan fingerprint density at radius 3 is 1.46 bits per heavy atom. The van der Waals surface area contributed by atoms with Crippen LogP contribution in [0, 0.1) is 0 Å². The summed E-state index contributed by atoms with van der Waals surface area (Å²) in [6.07, 6.45) is 0. The number of aromatic nitrogens is 4. The minimum Gasteiger partial charge on any atom is -0.541 e. The molecule has 0 saturated carbocycles. The second-order valence-corrected chi connectivity index (χ2v) is 6.00. The number of carboxylic acids is 1. The molecular formula is C21H15LiN4O2. The van der Waals surface area contributed by atoms with E-state index >= 15 is 0 Å². The van der Waals surface area contributed by atoms with Crippen molar-refractivity contribution in [3.8, 4) is 0 Å². The van der Waals surface area contributed by atoms with Crippen molar-refractivity contribution in [2.45, 2.75) is 5.54 Å². The molecule has 132 valence electrons. The van der Waals surface area contributed by atoms with Crippen LogP contribution in [0.15, 0.2) is 91.0 Å². The Bertz CT molecular complexity index is 957. The molecule has 0 N–H and O–H groups in total. The number of rotatable bonds is 5. The van der Waals surface area contributed by atoms with E-state index in [0.29, 0.717) is 0 Å². The maximum Gasteiger partial charge on any atom is 1.00 e. The molecule has 3 aromatic carbocycles. The third-order valence-electron chi connectivity index (χ3n) is 4.47. The van der Waals surface area contributed by atoms with E-state index in [1.807, 2.05) is 91.0 Å². The predicted molar refractivity (Wildman–Crippen MR) is 96.8 cm³/mol. The summed E-state index contributed by atoms with van der Waals surface area (Å²) in [5, 5.41) is 23.2. The van der Waals surface area contributed by atoms with E-state index in [1.165, 1.54) is 4.80 Å². The van der Waals surface area contributed by atoms with Gasteiger partial charge in [-0.05, 0) is 21.9 Å². The molecule has 4 rings (SSSR count). The van der Waals surface area contributed by atoms with Crippen molar-refractivity contribution in [2.75, 3.05) is 0 Å². The quantitative estimate of drug-likeness (QED) is 0.332. The van der Waals surface area contributed by atoms with Crippen molar-refractivity contribution in [1.29, 1.82) is 0 Å². The smallest absolute Gasteiger partial charge is 0.541 e. The number of carbonyl (C=O) groups is 1. The molecule has 0 atom stereocenters. The fourth-order valence-electron chi connectivity index (χ4n) is 3.32. The molecule has 4 aromatic rings. The number of aromatic carboxylic acids is 1. The molecular weight excluding hydrogens is 347 g/mol. The van der Waals surface area contributed by atoms with Gasteiger partial charge in [0.25, 0.3) is 0 Å². The molecule has 1 aromatic heterocycles. The average molecular weight is 362 g/mol. The molecule has 0 unspecified atom stereocenters. The number of carbonyl (C=O) groups excluding carboxylic acids is 1.